The lowest BCUT2D eigenvalue weighted by molar-refractivity contribution is -0.167. The number of esters is 3. The van der Waals surface area contributed by atoms with Crippen molar-refractivity contribution in [1.82, 2.24) is 0 Å². The second kappa shape index (κ2) is 66.1. The number of ether oxygens (including phenoxy) is 3. The molecule has 0 aromatic carbocycles. The molecule has 0 bridgehead atoms. The lowest BCUT2D eigenvalue weighted by Gasteiger charge is -2.18. The van der Waals surface area contributed by atoms with E-state index in [4.69, 9.17) is 14.2 Å². The van der Waals surface area contributed by atoms with Gasteiger partial charge in [-0.15, -0.1) is 0 Å². The Kier molecular flexibility index (Phi) is 63.2. The van der Waals surface area contributed by atoms with Crippen LogP contribution in [0.5, 0.6) is 0 Å². The van der Waals surface area contributed by atoms with Crippen LogP contribution in [0.3, 0.4) is 0 Å². The molecule has 0 aliphatic rings. The smallest absolute Gasteiger partial charge is 0.306 e. The van der Waals surface area contributed by atoms with E-state index in [1.165, 1.54) is 186 Å². The molecule has 450 valence electrons. The van der Waals surface area contributed by atoms with E-state index >= 15 is 0 Å². The Labute approximate surface area is 484 Å². The largest absolute Gasteiger partial charge is 0.462 e. The second-order valence-electron chi connectivity index (χ2n) is 22.4. The molecule has 0 amide bonds. The Morgan fingerprint density at radius 3 is 0.833 bits per heavy atom. The zero-order valence-electron chi connectivity index (χ0n) is 51.7. The number of unbranched alkanes of at least 4 members (excludes halogenated alkanes) is 36. The molecule has 78 heavy (non-hydrogen) atoms. The quantitative estimate of drug-likeness (QED) is 0.0261. The van der Waals surface area contributed by atoms with Gasteiger partial charge in [-0.25, -0.2) is 0 Å². The Morgan fingerprint density at radius 1 is 0.269 bits per heavy atom. The van der Waals surface area contributed by atoms with Gasteiger partial charge in [0.1, 0.15) is 13.2 Å². The fourth-order valence-corrected chi connectivity index (χ4v) is 9.61. The molecule has 0 aromatic heterocycles. The van der Waals surface area contributed by atoms with Gasteiger partial charge in [0.2, 0.25) is 0 Å². The molecule has 1 atom stereocenters. The van der Waals surface area contributed by atoms with E-state index in [1.807, 2.05) is 0 Å². The third kappa shape index (κ3) is 63.4. The lowest BCUT2D eigenvalue weighted by Crippen LogP contribution is -2.30. The number of hydrogen-bond donors (Lipinski definition) is 0. The van der Waals surface area contributed by atoms with Gasteiger partial charge in [-0.2, -0.15) is 0 Å². The van der Waals surface area contributed by atoms with Crippen LogP contribution in [0.1, 0.15) is 335 Å². The highest BCUT2D eigenvalue weighted by Gasteiger charge is 2.19. The minimum absolute atomic E-state index is 0.0804. The predicted octanol–water partition coefficient (Wildman–Crippen LogP) is 23.1. The maximum atomic E-state index is 12.9. The summed E-state index contributed by atoms with van der Waals surface area (Å²) in [5, 5.41) is 0. The Hall–Kier alpha value is -3.41. The first-order valence-corrected chi connectivity index (χ1v) is 33.6. The molecule has 0 saturated heterocycles. The first-order chi connectivity index (χ1) is 38.5. The number of allylic oxidation sites excluding steroid dienone is 14. The summed E-state index contributed by atoms with van der Waals surface area (Å²) in [4.78, 5) is 38.3. The monoisotopic (exact) mass is 1090 g/mol. The average molecular weight is 1090 g/mol. The van der Waals surface area contributed by atoms with E-state index in [0.717, 1.165) is 109 Å². The molecule has 6 heteroatoms. The molecule has 0 heterocycles. The van der Waals surface area contributed by atoms with Crippen LogP contribution in [-0.2, 0) is 28.6 Å². The van der Waals surface area contributed by atoms with E-state index in [-0.39, 0.29) is 31.1 Å². The van der Waals surface area contributed by atoms with Gasteiger partial charge in [-0.1, -0.05) is 311 Å². The van der Waals surface area contributed by atoms with Gasteiger partial charge >= 0.3 is 17.9 Å². The maximum Gasteiger partial charge on any atom is 0.306 e. The Bertz CT molecular complexity index is 1480. The Morgan fingerprint density at radius 2 is 0.513 bits per heavy atom. The summed E-state index contributed by atoms with van der Waals surface area (Å²) in [7, 11) is 0. The number of carbonyl (C=O) groups is 3. The molecule has 0 spiro atoms. The summed E-state index contributed by atoms with van der Waals surface area (Å²) in [6, 6.07) is 0. The molecular formula is C72H126O6. The van der Waals surface area contributed by atoms with Crippen molar-refractivity contribution in [3.05, 3.63) is 85.1 Å². The molecule has 0 saturated carbocycles. The van der Waals surface area contributed by atoms with E-state index in [0.29, 0.717) is 19.3 Å². The van der Waals surface area contributed by atoms with Crippen LogP contribution in [-0.4, -0.2) is 37.2 Å². The van der Waals surface area contributed by atoms with Crippen LogP contribution in [0.2, 0.25) is 0 Å². The fraction of sp³-hybridized carbons (Fsp3) is 0.764. The highest BCUT2D eigenvalue weighted by molar-refractivity contribution is 5.71. The molecule has 0 aliphatic heterocycles. The van der Waals surface area contributed by atoms with Crippen molar-refractivity contribution in [2.24, 2.45) is 0 Å². The van der Waals surface area contributed by atoms with Gasteiger partial charge in [0.25, 0.3) is 0 Å². The van der Waals surface area contributed by atoms with Crippen LogP contribution in [0.4, 0.5) is 0 Å². The average Bonchev–Trinajstić information content (AvgIpc) is 3.44. The minimum atomic E-state index is -0.783. The normalized spacial score (nSPS) is 12.6. The summed E-state index contributed by atoms with van der Waals surface area (Å²) in [6.07, 6.45) is 87.5. The van der Waals surface area contributed by atoms with Gasteiger partial charge < -0.3 is 14.2 Å². The van der Waals surface area contributed by atoms with Crippen molar-refractivity contribution in [3.63, 3.8) is 0 Å². The van der Waals surface area contributed by atoms with Crippen molar-refractivity contribution in [1.29, 1.82) is 0 Å². The number of hydrogen-bond acceptors (Lipinski definition) is 6. The van der Waals surface area contributed by atoms with Crippen molar-refractivity contribution in [3.8, 4) is 0 Å². The zero-order chi connectivity index (χ0) is 56.4. The topological polar surface area (TPSA) is 78.9 Å². The maximum absolute atomic E-state index is 12.9. The standard InChI is InChI=1S/C72H126O6/c1-4-7-10-13-16-19-22-24-26-28-30-32-34-35-36-37-38-40-41-43-45-47-50-53-56-59-62-65-71(74)77-68-69(67-76-70(73)64-61-58-55-52-49-21-18-15-12-9-6-3)78-72(75)66-63-60-57-54-51-48-46-44-42-39-33-31-29-27-25-23-20-17-14-11-8-5-2/h7,10,15-16,18-19,24,26,30,32,35-36,38,40,69H,4-6,8-9,11-14,17,20-23,25,27-29,31,33-34,37,39,41-68H2,1-3H3/b10-7-,18-15-,19-16-,26-24-,32-30-,36-35-,40-38-. The summed E-state index contributed by atoms with van der Waals surface area (Å²) < 4.78 is 16.9. The van der Waals surface area contributed by atoms with Crippen molar-refractivity contribution >= 4 is 17.9 Å². The van der Waals surface area contributed by atoms with Gasteiger partial charge in [0, 0.05) is 19.3 Å². The highest BCUT2D eigenvalue weighted by Crippen LogP contribution is 2.17. The molecular weight excluding hydrogens is 961 g/mol. The Balaban J connectivity index is 4.26. The molecule has 6 nitrogen and oxygen atoms in total. The molecule has 0 radical (unpaired) electrons. The zero-order valence-corrected chi connectivity index (χ0v) is 51.7. The van der Waals surface area contributed by atoms with Crippen molar-refractivity contribution in [2.75, 3.05) is 13.2 Å². The summed E-state index contributed by atoms with van der Waals surface area (Å²) in [5.41, 5.74) is 0. The van der Waals surface area contributed by atoms with Crippen LogP contribution in [0, 0.1) is 0 Å². The van der Waals surface area contributed by atoms with Crippen molar-refractivity contribution < 1.29 is 28.6 Å². The lowest BCUT2D eigenvalue weighted by atomic mass is 10.0. The summed E-state index contributed by atoms with van der Waals surface area (Å²) in [5.74, 6) is -0.882. The third-order valence-corrected chi connectivity index (χ3v) is 14.6. The number of carbonyl (C=O) groups excluding carboxylic acids is 3. The molecule has 0 N–H and O–H groups in total. The van der Waals surface area contributed by atoms with Crippen LogP contribution < -0.4 is 0 Å². The summed E-state index contributed by atoms with van der Waals surface area (Å²) >= 11 is 0. The van der Waals surface area contributed by atoms with Gasteiger partial charge in [-0.05, 0) is 89.9 Å². The first kappa shape index (κ1) is 74.6. The SMILES string of the molecule is CC/C=C\C/C=C\C/C=C\C/C=C\C/C=C\C/C=C\CCCCCCCCCCC(=O)OCC(COC(=O)CCCCCCC/C=C\CCCC)OC(=O)CCCCCCCCCCCCCCCCCCCCCCCC. The third-order valence-electron chi connectivity index (χ3n) is 14.6. The van der Waals surface area contributed by atoms with Crippen LogP contribution in [0.15, 0.2) is 85.1 Å². The van der Waals surface area contributed by atoms with E-state index in [2.05, 4.69) is 106 Å². The highest BCUT2D eigenvalue weighted by atomic mass is 16.6. The van der Waals surface area contributed by atoms with Gasteiger partial charge in [0.05, 0.1) is 0 Å². The van der Waals surface area contributed by atoms with Crippen molar-refractivity contribution in [2.45, 2.75) is 341 Å². The number of rotatable bonds is 61. The van der Waals surface area contributed by atoms with Gasteiger partial charge in [-0.3, -0.25) is 14.4 Å². The fourth-order valence-electron chi connectivity index (χ4n) is 9.61. The van der Waals surface area contributed by atoms with Gasteiger partial charge in [0.15, 0.2) is 6.10 Å². The molecule has 0 aliphatic carbocycles. The molecule has 1 unspecified atom stereocenters. The summed E-state index contributed by atoms with van der Waals surface area (Å²) in [6.45, 7) is 6.52. The minimum Gasteiger partial charge on any atom is -0.462 e. The second-order valence-corrected chi connectivity index (χ2v) is 22.4. The van der Waals surface area contributed by atoms with E-state index < -0.39 is 6.10 Å². The molecule has 0 rings (SSSR count). The van der Waals surface area contributed by atoms with Crippen LogP contribution in [0.25, 0.3) is 0 Å². The molecule has 0 fully saturated rings. The first-order valence-electron chi connectivity index (χ1n) is 33.6. The van der Waals surface area contributed by atoms with E-state index in [9.17, 15) is 14.4 Å². The molecule has 0 aromatic rings. The van der Waals surface area contributed by atoms with Crippen LogP contribution >= 0.6 is 0 Å². The van der Waals surface area contributed by atoms with E-state index in [1.54, 1.807) is 0 Å². The predicted molar refractivity (Wildman–Crippen MR) is 339 cm³/mol.